The van der Waals surface area contributed by atoms with E-state index >= 15 is 0 Å². The zero-order valence-corrected chi connectivity index (χ0v) is 20.1. The number of rotatable bonds is 9. The summed E-state index contributed by atoms with van der Waals surface area (Å²) in [4.78, 5) is 38.4. The summed E-state index contributed by atoms with van der Waals surface area (Å²) >= 11 is 11.9. The van der Waals surface area contributed by atoms with Crippen molar-refractivity contribution in [2.75, 3.05) is 13.1 Å². The van der Waals surface area contributed by atoms with E-state index in [2.05, 4.69) is 5.32 Å². The number of hydrogen-bond donors (Lipinski definition) is 2. The van der Waals surface area contributed by atoms with Gasteiger partial charge in [-0.15, -0.1) is 0 Å². The predicted octanol–water partition coefficient (Wildman–Crippen LogP) is 4.51. The minimum atomic E-state index is -1.21. The van der Waals surface area contributed by atoms with E-state index in [1.165, 1.54) is 18.2 Å². The zero-order chi connectivity index (χ0) is 24.7. The van der Waals surface area contributed by atoms with Crippen molar-refractivity contribution in [3.05, 3.63) is 69.5 Å². The second-order valence-corrected chi connectivity index (χ2v) is 9.35. The molecule has 1 saturated heterocycles. The van der Waals surface area contributed by atoms with Gasteiger partial charge in [0.2, 0.25) is 11.8 Å². The summed E-state index contributed by atoms with van der Waals surface area (Å²) in [6.07, 6.45) is 2.30. The lowest BCUT2D eigenvalue weighted by atomic mass is 9.92. The Morgan fingerprint density at radius 1 is 1.09 bits per heavy atom. The highest BCUT2D eigenvalue weighted by atomic mass is 35.5. The summed E-state index contributed by atoms with van der Waals surface area (Å²) in [5, 5.41) is 12.9. The first-order chi connectivity index (χ1) is 16.2. The van der Waals surface area contributed by atoms with Gasteiger partial charge in [-0.1, -0.05) is 47.5 Å². The Morgan fingerprint density at radius 3 is 2.44 bits per heavy atom. The summed E-state index contributed by atoms with van der Waals surface area (Å²) in [7, 11) is 0. The third kappa shape index (κ3) is 7.43. The van der Waals surface area contributed by atoms with Crippen LogP contribution >= 0.6 is 23.2 Å². The molecule has 2 aromatic carbocycles. The summed E-state index contributed by atoms with van der Waals surface area (Å²) < 4.78 is 13.9. The van der Waals surface area contributed by atoms with E-state index in [-0.39, 0.29) is 36.1 Å². The minimum Gasteiger partial charge on any atom is -0.480 e. The quantitative estimate of drug-likeness (QED) is 0.521. The molecule has 34 heavy (non-hydrogen) atoms. The van der Waals surface area contributed by atoms with E-state index in [0.717, 1.165) is 5.56 Å². The fourth-order valence-electron chi connectivity index (χ4n) is 4.09. The highest BCUT2D eigenvalue weighted by Crippen LogP contribution is 2.24. The number of halogens is 3. The molecule has 1 fully saturated rings. The Kier molecular flexibility index (Phi) is 9.30. The number of carboxylic acids is 1. The standard InChI is InChI=1S/C25H27Cl2FN2O4/c26-19-7-5-16(13-20(19)27)6-8-24(32)30-11-9-17(10-12-30)14-23(31)29-22(25(33)34)15-18-3-1-2-4-21(18)28/h1-5,7,13,17,22H,6,8-12,14-15H2,(H,29,31)(H,33,34). The van der Waals surface area contributed by atoms with Gasteiger partial charge < -0.3 is 15.3 Å². The third-order valence-corrected chi connectivity index (χ3v) is 6.81. The van der Waals surface area contributed by atoms with Gasteiger partial charge in [0.25, 0.3) is 0 Å². The van der Waals surface area contributed by atoms with Gasteiger partial charge in [-0.25, -0.2) is 9.18 Å². The Balaban J connectivity index is 1.43. The Hall–Kier alpha value is -2.64. The topological polar surface area (TPSA) is 86.7 Å². The number of nitrogens with one attached hydrogen (secondary N) is 1. The van der Waals surface area contributed by atoms with Crippen LogP contribution in [0, 0.1) is 11.7 Å². The van der Waals surface area contributed by atoms with Gasteiger partial charge in [-0.05, 0) is 54.5 Å². The maximum atomic E-state index is 13.9. The number of carbonyl (C=O) groups excluding carboxylic acids is 2. The monoisotopic (exact) mass is 508 g/mol. The largest absolute Gasteiger partial charge is 0.480 e. The average molecular weight is 509 g/mol. The summed E-state index contributed by atoms with van der Waals surface area (Å²) in [6, 6.07) is 10.0. The van der Waals surface area contributed by atoms with Gasteiger partial charge >= 0.3 is 5.97 Å². The normalized spacial score (nSPS) is 15.1. The number of piperidine rings is 1. The highest BCUT2D eigenvalue weighted by molar-refractivity contribution is 6.42. The molecule has 3 rings (SSSR count). The first-order valence-corrected chi connectivity index (χ1v) is 12.0. The van der Waals surface area contributed by atoms with Crippen molar-refractivity contribution in [2.45, 2.75) is 44.6 Å². The molecular weight excluding hydrogens is 482 g/mol. The van der Waals surface area contributed by atoms with Crippen molar-refractivity contribution in [3.63, 3.8) is 0 Å². The molecule has 0 spiro atoms. The predicted molar refractivity (Wildman–Crippen MR) is 128 cm³/mol. The first kappa shape index (κ1) is 26.0. The van der Waals surface area contributed by atoms with Gasteiger partial charge in [0.05, 0.1) is 10.0 Å². The number of aliphatic carboxylic acids is 1. The van der Waals surface area contributed by atoms with Crippen LogP contribution in [0.4, 0.5) is 4.39 Å². The third-order valence-electron chi connectivity index (χ3n) is 6.07. The number of likely N-dealkylation sites (tertiary alicyclic amines) is 1. The molecule has 2 aromatic rings. The lowest BCUT2D eigenvalue weighted by Crippen LogP contribution is -2.44. The number of aryl methyl sites for hydroxylation is 1. The second kappa shape index (κ2) is 12.2. The van der Waals surface area contributed by atoms with Gasteiger partial charge in [-0.2, -0.15) is 0 Å². The van der Waals surface area contributed by atoms with Crippen LogP contribution in [0.2, 0.25) is 10.0 Å². The number of benzene rings is 2. The lowest BCUT2D eigenvalue weighted by Gasteiger charge is -2.32. The van der Waals surface area contributed by atoms with E-state index in [9.17, 15) is 23.9 Å². The molecule has 0 saturated carbocycles. The van der Waals surface area contributed by atoms with E-state index in [4.69, 9.17) is 23.2 Å². The number of amides is 2. The maximum Gasteiger partial charge on any atom is 0.326 e. The molecule has 6 nitrogen and oxygen atoms in total. The van der Waals surface area contributed by atoms with Crippen LogP contribution in [0.15, 0.2) is 42.5 Å². The van der Waals surface area contributed by atoms with Gasteiger partial charge in [0.1, 0.15) is 11.9 Å². The molecule has 2 N–H and O–H groups in total. The van der Waals surface area contributed by atoms with Gasteiger partial charge in [0.15, 0.2) is 0 Å². The van der Waals surface area contributed by atoms with Crippen LogP contribution in [0.1, 0.15) is 36.8 Å². The molecule has 2 amide bonds. The van der Waals surface area contributed by atoms with Crippen LogP contribution in [0.25, 0.3) is 0 Å². The fraction of sp³-hybridized carbons (Fsp3) is 0.400. The minimum absolute atomic E-state index is 0.0461. The summed E-state index contributed by atoms with van der Waals surface area (Å²) in [5.41, 5.74) is 1.18. The van der Waals surface area contributed by atoms with Crippen molar-refractivity contribution >= 4 is 41.0 Å². The molecule has 9 heteroatoms. The number of carbonyl (C=O) groups is 3. The van der Waals surface area contributed by atoms with Crippen molar-refractivity contribution in [2.24, 2.45) is 5.92 Å². The van der Waals surface area contributed by atoms with Crippen molar-refractivity contribution in [1.29, 1.82) is 0 Å². The molecular formula is C25H27Cl2FN2O4. The molecule has 0 aromatic heterocycles. The van der Waals surface area contributed by atoms with E-state index in [0.29, 0.717) is 48.8 Å². The SMILES string of the molecule is O=C(CC1CCN(C(=O)CCc2ccc(Cl)c(Cl)c2)CC1)NC(Cc1ccccc1F)C(=O)O. The van der Waals surface area contributed by atoms with Crippen LogP contribution in [-0.4, -0.2) is 46.9 Å². The number of hydrogen-bond acceptors (Lipinski definition) is 3. The van der Waals surface area contributed by atoms with Crippen molar-refractivity contribution < 1.29 is 23.9 Å². The molecule has 1 unspecified atom stereocenters. The molecule has 1 atom stereocenters. The van der Waals surface area contributed by atoms with Gasteiger partial charge in [0, 0.05) is 32.4 Å². The van der Waals surface area contributed by atoms with E-state index in [1.807, 2.05) is 6.07 Å². The van der Waals surface area contributed by atoms with E-state index < -0.39 is 17.8 Å². The van der Waals surface area contributed by atoms with Crippen LogP contribution in [-0.2, 0) is 27.2 Å². The Labute approximate surface area is 208 Å². The second-order valence-electron chi connectivity index (χ2n) is 8.53. The number of carboxylic acid groups (broad SMARTS) is 1. The molecule has 1 aliphatic heterocycles. The zero-order valence-electron chi connectivity index (χ0n) is 18.6. The smallest absolute Gasteiger partial charge is 0.326 e. The molecule has 1 heterocycles. The van der Waals surface area contributed by atoms with Crippen LogP contribution in [0.3, 0.4) is 0 Å². The van der Waals surface area contributed by atoms with Crippen molar-refractivity contribution in [3.8, 4) is 0 Å². The summed E-state index contributed by atoms with van der Waals surface area (Å²) in [5.74, 6) is -1.99. The Morgan fingerprint density at radius 2 is 1.79 bits per heavy atom. The highest BCUT2D eigenvalue weighted by Gasteiger charge is 2.27. The molecule has 0 bridgehead atoms. The number of nitrogens with zero attached hydrogens (tertiary/aromatic N) is 1. The van der Waals surface area contributed by atoms with Crippen LogP contribution in [0.5, 0.6) is 0 Å². The Bertz CT molecular complexity index is 1040. The van der Waals surface area contributed by atoms with Crippen LogP contribution < -0.4 is 5.32 Å². The van der Waals surface area contributed by atoms with E-state index in [1.54, 1.807) is 23.1 Å². The molecule has 0 radical (unpaired) electrons. The average Bonchev–Trinajstić information content (AvgIpc) is 2.81. The summed E-state index contributed by atoms with van der Waals surface area (Å²) in [6.45, 7) is 1.10. The lowest BCUT2D eigenvalue weighted by molar-refractivity contribution is -0.142. The van der Waals surface area contributed by atoms with Crippen molar-refractivity contribution in [1.82, 2.24) is 10.2 Å². The molecule has 1 aliphatic rings. The maximum absolute atomic E-state index is 13.9. The first-order valence-electron chi connectivity index (χ1n) is 11.2. The van der Waals surface area contributed by atoms with Gasteiger partial charge in [-0.3, -0.25) is 9.59 Å². The molecule has 182 valence electrons. The fourth-order valence-corrected chi connectivity index (χ4v) is 4.41. The molecule has 0 aliphatic carbocycles.